The summed E-state index contributed by atoms with van der Waals surface area (Å²) in [7, 11) is 1.57. The van der Waals surface area contributed by atoms with Gasteiger partial charge < -0.3 is 15.6 Å². The zero-order valence-electron chi connectivity index (χ0n) is 17.4. The van der Waals surface area contributed by atoms with Crippen LogP contribution in [-0.2, 0) is 18.4 Å². The summed E-state index contributed by atoms with van der Waals surface area (Å²) in [6.45, 7) is -0.00681. The van der Waals surface area contributed by atoms with Gasteiger partial charge in [0, 0.05) is 23.9 Å². The lowest BCUT2D eigenvalue weighted by Gasteiger charge is -2.08. The summed E-state index contributed by atoms with van der Waals surface area (Å²) in [5, 5.41) is 31.7. The molecule has 0 amide bonds. The lowest BCUT2D eigenvalue weighted by Crippen LogP contribution is -2.30. The van der Waals surface area contributed by atoms with E-state index in [4.69, 9.17) is 15.6 Å². The molecule has 3 N–H and O–H groups in total. The van der Waals surface area contributed by atoms with Crippen LogP contribution in [-0.4, -0.2) is 62.5 Å². The van der Waals surface area contributed by atoms with Gasteiger partial charge in [-0.15, -0.1) is 32.8 Å². The van der Waals surface area contributed by atoms with Gasteiger partial charge in [-0.1, -0.05) is 0 Å². The number of benzene rings is 1. The van der Waals surface area contributed by atoms with Crippen LogP contribution < -0.4 is 10.5 Å². The second kappa shape index (κ2) is 10.2. The lowest BCUT2D eigenvalue weighted by molar-refractivity contribution is -0.137. The Bertz CT molecular complexity index is 1310. The summed E-state index contributed by atoms with van der Waals surface area (Å²) in [6, 6.07) is 4.13. The number of ether oxygens (including phenoxy) is 1. The Kier molecular flexibility index (Phi) is 7.37. The molecule has 0 unspecified atom stereocenters. The first kappa shape index (κ1) is 24.5. The Balaban J connectivity index is 0.00000324. The van der Waals surface area contributed by atoms with Crippen molar-refractivity contribution in [2.45, 2.75) is 19.0 Å². The Labute approximate surface area is 196 Å². The van der Waals surface area contributed by atoms with E-state index in [0.29, 0.717) is 5.56 Å². The highest BCUT2D eigenvalue weighted by Gasteiger charge is 2.17. The van der Waals surface area contributed by atoms with Gasteiger partial charge in [0.25, 0.3) is 5.88 Å². The van der Waals surface area contributed by atoms with Crippen LogP contribution in [0.2, 0.25) is 0 Å². The zero-order valence-corrected chi connectivity index (χ0v) is 18.2. The average molecular weight is 495 g/mol. The SMILES string of the molecule is Cl.Cn1nnc(-c2cnc(Oc3ccc(-c4nnn(C[C@@H](N)CC(=O)O)n4)c(F)c3)c(F)c2)n1. The number of aliphatic carboxylic acids is 1. The van der Waals surface area contributed by atoms with Crippen molar-refractivity contribution in [2.24, 2.45) is 12.8 Å². The maximum Gasteiger partial charge on any atom is 0.304 e. The summed E-state index contributed by atoms with van der Waals surface area (Å²) >= 11 is 0. The molecule has 3 aromatic heterocycles. The van der Waals surface area contributed by atoms with E-state index in [1.165, 1.54) is 23.1 Å². The first-order chi connectivity index (χ1) is 15.8. The molecule has 3 heterocycles. The van der Waals surface area contributed by atoms with E-state index >= 15 is 0 Å². The molecule has 16 heteroatoms. The van der Waals surface area contributed by atoms with Gasteiger partial charge in [0.05, 0.1) is 25.6 Å². The highest BCUT2D eigenvalue weighted by molar-refractivity contribution is 5.85. The topological polar surface area (TPSA) is 173 Å². The summed E-state index contributed by atoms with van der Waals surface area (Å²) in [5.41, 5.74) is 6.00. The number of pyridine rings is 1. The van der Waals surface area contributed by atoms with Crippen molar-refractivity contribution in [1.82, 2.24) is 45.4 Å². The van der Waals surface area contributed by atoms with Gasteiger partial charge in [-0.2, -0.15) is 9.59 Å². The number of nitrogens with zero attached hydrogens (tertiary/aromatic N) is 9. The van der Waals surface area contributed by atoms with Crippen LogP contribution in [0.25, 0.3) is 22.8 Å². The van der Waals surface area contributed by atoms with Crippen LogP contribution in [0.1, 0.15) is 6.42 Å². The van der Waals surface area contributed by atoms with Crippen LogP contribution in [0.5, 0.6) is 11.6 Å². The maximum atomic E-state index is 14.6. The zero-order chi connectivity index (χ0) is 23.5. The Morgan fingerprint density at radius 2 is 1.91 bits per heavy atom. The number of hydrogen-bond acceptors (Lipinski definition) is 10. The molecule has 0 fully saturated rings. The van der Waals surface area contributed by atoms with Crippen molar-refractivity contribution in [1.29, 1.82) is 0 Å². The molecule has 0 radical (unpaired) electrons. The molecule has 0 aliphatic heterocycles. The number of carbonyl (C=O) groups is 1. The van der Waals surface area contributed by atoms with Gasteiger partial charge in [-0.05, 0) is 28.6 Å². The van der Waals surface area contributed by atoms with Crippen LogP contribution in [0, 0.1) is 11.6 Å². The van der Waals surface area contributed by atoms with Crippen molar-refractivity contribution >= 4 is 18.4 Å². The standard InChI is InChI=1S/C18H16F2N10O3.ClH/c1-29-25-16(23-27-29)9-4-14(20)18(22-7-9)33-11-2-3-12(13(19)6-11)17-24-28-30(26-17)8-10(21)5-15(31)32;/h2-4,6-7,10H,5,8,21H2,1H3,(H,31,32);1H/t10-;/m0./s1. The number of tetrazole rings is 2. The van der Waals surface area contributed by atoms with Crippen molar-refractivity contribution < 1.29 is 23.4 Å². The maximum absolute atomic E-state index is 14.6. The van der Waals surface area contributed by atoms with Crippen LogP contribution >= 0.6 is 12.4 Å². The second-order valence-corrected chi connectivity index (χ2v) is 6.88. The third-order valence-electron chi connectivity index (χ3n) is 4.26. The highest BCUT2D eigenvalue weighted by Crippen LogP contribution is 2.28. The van der Waals surface area contributed by atoms with Gasteiger partial charge in [-0.3, -0.25) is 4.79 Å². The molecular formula is C18H17ClF2N10O3. The molecule has 1 aromatic carbocycles. The Morgan fingerprint density at radius 3 is 2.56 bits per heavy atom. The molecule has 0 saturated heterocycles. The third-order valence-corrected chi connectivity index (χ3v) is 4.26. The molecule has 0 aliphatic rings. The number of halogens is 3. The van der Waals surface area contributed by atoms with E-state index < -0.39 is 23.6 Å². The fourth-order valence-electron chi connectivity index (χ4n) is 2.80. The first-order valence-electron chi connectivity index (χ1n) is 9.41. The van der Waals surface area contributed by atoms with E-state index in [2.05, 4.69) is 35.8 Å². The van der Waals surface area contributed by atoms with Crippen molar-refractivity contribution in [3.63, 3.8) is 0 Å². The number of aromatic nitrogens is 9. The molecule has 1 atom stereocenters. The van der Waals surface area contributed by atoms with Gasteiger partial charge >= 0.3 is 5.97 Å². The first-order valence-corrected chi connectivity index (χ1v) is 9.41. The van der Waals surface area contributed by atoms with E-state index in [-0.39, 0.29) is 54.2 Å². The normalized spacial score (nSPS) is 11.6. The molecule has 0 bridgehead atoms. The number of hydrogen-bond donors (Lipinski definition) is 2. The minimum absolute atomic E-state index is 0. The van der Waals surface area contributed by atoms with Gasteiger partial charge in [0.15, 0.2) is 5.82 Å². The summed E-state index contributed by atoms with van der Waals surface area (Å²) in [4.78, 5) is 16.9. The number of nitrogens with two attached hydrogens (primary N) is 1. The van der Waals surface area contributed by atoms with E-state index in [0.717, 1.165) is 16.9 Å². The minimum atomic E-state index is -1.06. The summed E-state index contributed by atoms with van der Waals surface area (Å²) in [6.07, 6.45) is 1.02. The molecule has 0 saturated carbocycles. The van der Waals surface area contributed by atoms with Crippen molar-refractivity contribution in [3.8, 4) is 34.4 Å². The van der Waals surface area contributed by atoms with E-state index in [9.17, 15) is 13.6 Å². The lowest BCUT2D eigenvalue weighted by atomic mass is 10.2. The number of carboxylic acids is 1. The van der Waals surface area contributed by atoms with E-state index in [1.807, 2.05) is 0 Å². The highest BCUT2D eigenvalue weighted by atomic mass is 35.5. The molecule has 4 rings (SSSR count). The molecule has 0 spiro atoms. The summed E-state index contributed by atoms with van der Waals surface area (Å²) < 4.78 is 34.4. The number of carboxylic acid groups (broad SMARTS) is 1. The van der Waals surface area contributed by atoms with Crippen LogP contribution in [0.15, 0.2) is 30.5 Å². The predicted octanol–water partition coefficient (Wildman–Crippen LogP) is 1.22. The largest absolute Gasteiger partial charge is 0.481 e. The number of rotatable bonds is 8. The van der Waals surface area contributed by atoms with E-state index in [1.54, 1.807) is 7.05 Å². The monoisotopic (exact) mass is 494 g/mol. The van der Waals surface area contributed by atoms with Crippen LogP contribution in [0.3, 0.4) is 0 Å². The fourth-order valence-corrected chi connectivity index (χ4v) is 2.80. The molecule has 0 aliphatic carbocycles. The molecular weight excluding hydrogens is 478 g/mol. The average Bonchev–Trinajstić information content (AvgIpc) is 3.38. The fraction of sp³-hybridized carbons (Fsp3) is 0.222. The van der Waals surface area contributed by atoms with Crippen molar-refractivity contribution in [3.05, 3.63) is 42.1 Å². The molecule has 178 valence electrons. The Morgan fingerprint density at radius 1 is 1.15 bits per heavy atom. The quantitative estimate of drug-likeness (QED) is 0.360. The van der Waals surface area contributed by atoms with Gasteiger partial charge in [0.2, 0.25) is 11.6 Å². The molecule has 34 heavy (non-hydrogen) atoms. The molecule has 13 nitrogen and oxygen atoms in total. The van der Waals surface area contributed by atoms with Gasteiger partial charge in [0.1, 0.15) is 11.6 Å². The third kappa shape index (κ3) is 5.62. The smallest absolute Gasteiger partial charge is 0.304 e. The Hall–Kier alpha value is -4.11. The molecule has 4 aromatic rings. The summed E-state index contributed by atoms with van der Waals surface area (Å²) in [5.74, 6) is -2.83. The predicted molar refractivity (Wildman–Crippen MR) is 113 cm³/mol. The van der Waals surface area contributed by atoms with Crippen molar-refractivity contribution in [2.75, 3.05) is 0 Å². The minimum Gasteiger partial charge on any atom is -0.481 e. The number of aryl methyl sites for hydroxylation is 1. The van der Waals surface area contributed by atoms with Gasteiger partial charge in [-0.25, -0.2) is 13.8 Å². The van der Waals surface area contributed by atoms with Crippen LogP contribution in [0.4, 0.5) is 8.78 Å². The second-order valence-electron chi connectivity index (χ2n) is 6.88.